The fraction of sp³-hybridized carbons (Fsp3) is 0.538. The number of aryl methyl sites for hydroxylation is 1. The third kappa shape index (κ3) is 3.75. The summed E-state index contributed by atoms with van der Waals surface area (Å²) in [4.78, 5) is 0.0484. The highest BCUT2D eigenvalue weighted by Crippen LogP contribution is 2.33. The van der Waals surface area contributed by atoms with E-state index in [1.807, 2.05) is 0 Å². The van der Waals surface area contributed by atoms with Crippen LogP contribution in [0.25, 0.3) is 0 Å². The van der Waals surface area contributed by atoms with Gasteiger partial charge in [0.15, 0.2) is 0 Å². The third-order valence-electron chi connectivity index (χ3n) is 3.34. The molecule has 0 aromatic heterocycles. The molecule has 2 N–H and O–H groups in total. The third-order valence-corrected chi connectivity index (χ3v) is 4.80. The van der Waals surface area contributed by atoms with Gasteiger partial charge in [-0.1, -0.05) is 0 Å². The molecule has 1 fully saturated rings. The molecular formula is C13H18FNO3S. The van der Waals surface area contributed by atoms with Crippen LogP contribution in [-0.2, 0) is 10.0 Å². The highest BCUT2D eigenvalue weighted by atomic mass is 32.2. The fourth-order valence-electron chi connectivity index (χ4n) is 1.93. The Morgan fingerprint density at radius 2 is 2.16 bits per heavy atom. The molecule has 0 amide bonds. The molecule has 0 spiro atoms. The second-order valence-electron chi connectivity index (χ2n) is 5.00. The summed E-state index contributed by atoms with van der Waals surface area (Å²) >= 11 is 0. The van der Waals surface area contributed by atoms with Gasteiger partial charge in [0.05, 0.1) is 11.0 Å². The summed E-state index contributed by atoms with van der Waals surface area (Å²) in [5.41, 5.74) is 0.292. The Labute approximate surface area is 112 Å². The van der Waals surface area contributed by atoms with Crippen LogP contribution in [0.2, 0.25) is 0 Å². The molecule has 0 saturated heterocycles. The van der Waals surface area contributed by atoms with Crippen LogP contribution < -0.4 is 4.72 Å². The Morgan fingerprint density at radius 3 is 2.74 bits per heavy atom. The molecule has 0 bridgehead atoms. The molecule has 0 unspecified atom stereocenters. The topological polar surface area (TPSA) is 66.4 Å². The summed E-state index contributed by atoms with van der Waals surface area (Å²) in [5, 5.41) is 9.65. The Bertz CT molecular complexity index is 555. The van der Waals surface area contributed by atoms with Gasteiger partial charge in [0.1, 0.15) is 5.82 Å². The van der Waals surface area contributed by atoms with E-state index in [0.717, 1.165) is 18.9 Å². The number of nitrogens with one attached hydrogen (secondary N) is 1. The maximum atomic E-state index is 13.1. The molecule has 1 aliphatic rings. The Hall–Kier alpha value is -0.980. The average molecular weight is 287 g/mol. The number of aliphatic hydroxyl groups is 1. The van der Waals surface area contributed by atoms with Gasteiger partial charge in [0.2, 0.25) is 10.0 Å². The maximum absolute atomic E-state index is 13.1. The molecule has 1 aromatic carbocycles. The van der Waals surface area contributed by atoms with Crippen LogP contribution in [0.15, 0.2) is 23.1 Å². The van der Waals surface area contributed by atoms with Crippen LogP contribution in [0.5, 0.6) is 0 Å². The van der Waals surface area contributed by atoms with Crippen molar-refractivity contribution in [3.63, 3.8) is 0 Å². The van der Waals surface area contributed by atoms with Crippen molar-refractivity contribution in [2.45, 2.75) is 37.2 Å². The van der Waals surface area contributed by atoms with E-state index in [-0.39, 0.29) is 11.4 Å². The van der Waals surface area contributed by atoms with Gasteiger partial charge in [-0.3, -0.25) is 0 Å². The summed E-state index contributed by atoms with van der Waals surface area (Å²) < 4.78 is 39.4. The van der Waals surface area contributed by atoms with E-state index >= 15 is 0 Å². The molecule has 19 heavy (non-hydrogen) atoms. The molecule has 0 aliphatic heterocycles. The highest BCUT2D eigenvalue weighted by molar-refractivity contribution is 7.89. The van der Waals surface area contributed by atoms with Gasteiger partial charge in [-0.2, -0.15) is 0 Å². The predicted molar refractivity (Wildman–Crippen MR) is 69.7 cm³/mol. The van der Waals surface area contributed by atoms with Gasteiger partial charge in [-0.05, 0) is 55.9 Å². The van der Waals surface area contributed by atoms with Gasteiger partial charge in [0.25, 0.3) is 0 Å². The number of rotatable bonds is 6. The lowest BCUT2D eigenvalue weighted by Gasteiger charge is -2.11. The predicted octanol–water partition coefficient (Wildman–Crippen LogP) is 1.57. The van der Waals surface area contributed by atoms with Crippen molar-refractivity contribution >= 4 is 10.0 Å². The Balaban J connectivity index is 1.95. The summed E-state index contributed by atoms with van der Waals surface area (Å²) in [5.74, 6) is -0.0966. The molecule has 4 nitrogen and oxygen atoms in total. The van der Waals surface area contributed by atoms with E-state index in [0.29, 0.717) is 17.9 Å². The quantitative estimate of drug-likeness (QED) is 0.834. The second kappa shape index (κ2) is 5.56. The van der Waals surface area contributed by atoms with E-state index in [9.17, 15) is 17.9 Å². The van der Waals surface area contributed by atoms with Crippen LogP contribution >= 0.6 is 0 Å². The molecule has 1 atom stereocenters. The molecule has 1 aliphatic carbocycles. The molecule has 2 rings (SSSR count). The average Bonchev–Trinajstić information content (AvgIpc) is 3.16. The van der Waals surface area contributed by atoms with Crippen LogP contribution in [0.1, 0.15) is 24.8 Å². The zero-order chi connectivity index (χ0) is 14.0. The van der Waals surface area contributed by atoms with Crippen LogP contribution in [-0.4, -0.2) is 26.2 Å². The van der Waals surface area contributed by atoms with Crippen LogP contribution in [0, 0.1) is 18.7 Å². The fourth-order valence-corrected chi connectivity index (χ4v) is 3.06. The second-order valence-corrected chi connectivity index (χ2v) is 6.77. The first kappa shape index (κ1) is 14.4. The van der Waals surface area contributed by atoms with Crippen molar-refractivity contribution < 1.29 is 17.9 Å². The first-order chi connectivity index (χ1) is 8.90. The maximum Gasteiger partial charge on any atom is 0.240 e. The zero-order valence-electron chi connectivity index (χ0n) is 10.8. The van der Waals surface area contributed by atoms with Gasteiger partial charge in [-0.25, -0.2) is 17.5 Å². The van der Waals surface area contributed by atoms with E-state index < -0.39 is 21.9 Å². The summed E-state index contributed by atoms with van der Waals surface area (Å²) in [7, 11) is -3.63. The standard InChI is InChI=1S/C13H18FNO3S/c1-9-8-11(4-5-12(9)14)19(17,18)15-7-6-13(16)10-2-3-10/h4-5,8,10,13,15-16H,2-3,6-7H2,1H3/t13-/m0/s1. The van der Waals surface area contributed by atoms with Crippen molar-refractivity contribution in [3.8, 4) is 0 Å². The van der Waals surface area contributed by atoms with Crippen molar-refractivity contribution in [1.29, 1.82) is 0 Å². The van der Waals surface area contributed by atoms with E-state index in [1.165, 1.54) is 19.1 Å². The van der Waals surface area contributed by atoms with Crippen LogP contribution in [0.3, 0.4) is 0 Å². The zero-order valence-corrected chi connectivity index (χ0v) is 11.6. The molecule has 1 aromatic rings. The van der Waals surface area contributed by atoms with Crippen LogP contribution in [0.4, 0.5) is 4.39 Å². The number of hydrogen-bond acceptors (Lipinski definition) is 3. The normalized spacial score (nSPS) is 17.4. The van der Waals surface area contributed by atoms with E-state index in [4.69, 9.17) is 0 Å². The minimum atomic E-state index is -3.63. The lowest BCUT2D eigenvalue weighted by molar-refractivity contribution is 0.143. The molecule has 106 valence electrons. The largest absolute Gasteiger partial charge is 0.393 e. The smallest absolute Gasteiger partial charge is 0.240 e. The van der Waals surface area contributed by atoms with Crippen molar-refractivity contribution in [2.75, 3.05) is 6.54 Å². The Kier molecular flexibility index (Phi) is 4.23. The van der Waals surface area contributed by atoms with Gasteiger partial charge in [0, 0.05) is 6.54 Å². The number of halogens is 1. The van der Waals surface area contributed by atoms with Gasteiger partial charge < -0.3 is 5.11 Å². The molecule has 6 heteroatoms. The molecule has 1 saturated carbocycles. The lowest BCUT2D eigenvalue weighted by Crippen LogP contribution is -2.28. The Morgan fingerprint density at radius 1 is 1.47 bits per heavy atom. The summed E-state index contributed by atoms with van der Waals surface area (Å²) in [6.07, 6.45) is 2.01. The molecule has 0 radical (unpaired) electrons. The first-order valence-corrected chi connectivity index (χ1v) is 7.82. The summed E-state index contributed by atoms with van der Waals surface area (Å²) in [6.45, 7) is 1.71. The first-order valence-electron chi connectivity index (χ1n) is 6.34. The van der Waals surface area contributed by atoms with E-state index in [1.54, 1.807) is 0 Å². The van der Waals surface area contributed by atoms with Crippen molar-refractivity contribution in [1.82, 2.24) is 4.72 Å². The highest BCUT2D eigenvalue weighted by Gasteiger charge is 2.29. The van der Waals surface area contributed by atoms with Crippen molar-refractivity contribution in [3.05, 3.63) is 29.6 Å². The minimum absolute atomic E-state index is 0.0484. The van der Waals surface area contributed by atoms with Crippen molar-refractivity contribution in [2.24, 2.45) is 5.92 Å². The van der Waals surface area contributed by atoms with Gasteiger partial charge >= 0.3 is 0 Å². The monoisotopic (exact) mass is 287 g/mol. The van der Waals surface area contributed by atoms with Gasteiger partial charge in [-0.15, -0.1) is 0 Å². The number of sulfonamides is 1. The van der Waals surface area contributed by atoms with E-state index in [2.05, 4.69) is 4.72 Å². The molecular weight excluding hydrogens is 269 g/mol. The number of aliphatic hydroxyl groups excluding tert-OH is 1. The summed E-state index contributed by atoms with van der Waals surface area (Å²) in [6, 6.07) is 3.68. The number of benzene rings is 1. The number of hydrogen-bond donors (Lipinski definition) is 2. The molecule has 0 heterocycles. The minimum Gasteiger partial charge on any atom is -0.393 e. The lowest BCUT2D eigenvalue weighted by atomic mass is 10.2. The SMILES string of the molecule is Cc1cc(S(=O)(=O)NCC[C@H](O)C2CC2)ccc1F.